The number of nitrogens with one attached hydrogen (secondary N) is 2. The average molecular weight is 427 g/mol. The SMILES string of the molecule is CN(C(=O)c1ccc(NCC(=O)Nc2cccc(C(F)(F)F)c2)cc1)c1ccccc1. The van der Waals surface area contributed by atoms with Gasteiger partial charge in [-0.1, -0.05) is 24.3 Å². The van der Waals surface area contributed by atoms with Gasteiger partial charge in [0.2, 0.25) is 5.91 Å². The van der Waals surface area contributed by atoms with Crippen LogP contribution in [0.4, 0.5) is 30.2 Å². The van der Waals surface area contributed by atoms with Gasteiger partial charge < -0.3 is 15.5 Å². The molecule has 0 radical (unpaired) electrons. The molecule has 0 saturated heterocycles. The number of hydrogen-bond acceptors (Lipinski definition) is 3. The van der Waals surface area contributed by atoms with Crippen LogP contribution < -0.4 is 15.5 Å². The molecule has 0 aromatic heterocycles. The van der Waals surface area contributed by atoms with Crippen molar-refractivity contribution in [1.29, 1.82) is 0 Å². The molecule has 3 rings (SSSR count). The summed E-state index contributed by atoms with van der Waals surface area (Å²) >= 11 is 0. The monoisotopic (exact) mass is 427 g/mol. The Morgan fingerprint density at radius 1 is 0.871 bits per heavy atom. The third-order valence-corrected chi connectivity index (χ3v) is 4.51. The third kappa shape index (κ3) is 5.85. The summed E-state index contributed by atoms with van der Waals surface area (Å²) in [4.78, 5) is 26.2. The summed E-state index contributed by atoms with van der Waals surface area (Å²) in [5.74, 6) is -0.677. The summed E-state index contributed by atoms with van der Waals surface area (Å²) in [6.45, 7) is -0.145. The minimum atomic E-state index is -4.48. The Labute approximate surface area is 177 Å². The first-order valence-electron chi connectivity index (χ1n) is 9.38. The van der Waals surface area contributed by atoms with Crippen LogP contribution in [0.2, 0.25) is 0 Å². The lowest BCUT2D eigenvalue weighted by atomic mass is 10.1. The predicted octanol–water partition coefficient (Wildman–Crippen LogP) is 5.03. The molecule has 0 unspecified atom stereocenters. The quantitative estimate of drug-likeness (QED) is 0.580. The molecule has 2 N–H and O–H groups in total. The molecule has 0 aliphatic heterocycles. The molecule has 5 nitrogen and oxygen atoms in total. The molecule has 0 heterocycles. The maximum atomic E-state index is 12.8. The van der Waals surface area contributed by atoms with Crippen molar-refractivity contribution in [3.8, 4) is 0 Å². The molecule has 0 aliphatic carbocycles. The summed E-state index contributed by atoms with van der Waals surface area (Å²) < 4.78 is 38.3. The smallest absolute Gasteiger partial charge is 0.376 e. The summed E-state index contributed by atoms with van der Waals surface area (Å²) in [6, 6.07) is 20.2. The second-order valence-corrected chi connectivity index (χ2v) is 6.76. The molecule has 0 atom stereocenters. The average Bonchev–Trinajstić information content (AvgIpc) is 2.77. The number of hydrogen-bond donors (Lipinski definition) is 2. The minimum absolute atomic E-state index is 0.0616. The van der Waals surface area contributed by atoms with Crippen molar-refractivity contribution in [2.45, 2.75) is 6.18 Å². The normalized spacial score (nSPS) is 11.0. The van der Waals surface area contributed by atoms with Gasteiger partial charge in [-0.05, 0) is 54.6 Å². The van der Waals surface area contributed by atoms with Gasteiger partial charge in [0.05, 0.1) is 12.1 Å². The second-order valence-electron chi connectivity index (χ2n) is 6.76. The van der Waals surface area contributed by atoms with Gasteiger partial charge in [-0.25, -0.2) is 0 Å². The molecule has 31 heavy (non-hydrogen) atoms. The van der Waals surface area contributed by atoms with E-state index >= 15 is 0 Å². The van der Waals surface area contributed by atoms with Gasteiger partial charge in [0.1, 0.15) is 0 Å². The van der Waals surface area contributed by atoms with E-state index in [2.05, 4.69) is 10.6 Å². The van der Waals surface area contributed by atoms with E-state index in [1.54, 1.807) is 31.3 Å². The van der Waals surface area contributed by atoms with Gasteiger partial charge >= 0.3 is 6.18 Å². The number of alkyl halides is 3. The first kappa shape index (κ1) is 21.9. The summed E-state index contributed by atoms with van der Waals surface area (Å²) in [6.07, 6.45) is -4.48. The molecular formula is C23H20F3N3O2. The van der Waals surface area contributed by atoms with Crippen LogP contribution in [0, 0.1) is 0 Å². The van der Waals surface area contributed by atoms with Crippen molar-refractivity contribution in [1.82, 2.24) is 0 Å². The van der Waals surface area contributed by atoms with Crippen LogP contribution in [0.3, 0.4) is 0 Å². The maximum Gasteiger partial charge on any atom is 0.416 e. The molecule has 3 aromatic rings. The van der Waals surface area contributed by atoms with E-state index in [1.807, 2.05) is 30.3 Å². The van der Waals surface area contributed by atoms with Gasteiger partial charge in [0, 0.05) is 29.7 Å². The number of carbonyl (C=O) groups excluding carboxylic acids is 2. The van der Waals surface area contributed by atoms with Crippen molar-refractivity contribution >= 4 is 28.9 Å². The first-order valence-corrected chi connectivity index (χ1v) is 9.38. The van der Waals surface area contributed by atoms with Crippen LogP contribution >= 0.6 is 0 Å². The van der Waals surface area contributed by atoms with Crippen LogP contribution in [0.1, 0.15) is 15.9 Å². The number of carbonyl (C=O) groups is 2. The zero-order chi connectivity index (χ0) is 22.4. The van der Waals surface area contributed by atoms with E-state index in [0.717, 1.165) is 17.8 Å². The molecule has 3 aromatic carbocycles. The van der Waals surface area contributed by atoms with E-state index in [-0.39, 0.29) is 18.1 Å². The lowest BCUT2D eigenvalue weighted by Gasteiger charge is -2.17. The highest BCUT2D eigenvalue weighted by Crippen LogP contribution is 2.30. The van der Waals surface area contributed by atoms with Crippen LogP contribution in [0.25, 0.3) is 0 Å². The predicted molar refractivity (Wildman–Crippen MR) is 114 cm³/mol. The number of amides is 2. The molecule has 0 saturated carbocycles. The molecule has 0 fully saturated rings. The lowest BCUT2D eigenvalue weighted by molar-refractivity contribution is -0.137. The summed E-state index contributed by atoms with van der Waals surface area (Å²) in [5.41, 5.74) is 1.06. The standard InChI is InChI=1S/C23H20F3N3O2/c1-29(20-8-3-2-4-9-20)22(31)16-10-12-18(13-11-16)27-15-21(30)28-19-7-5-6-17(14-19)23(24,25)26/h2-14,27H,15H2,1H3,(H,28,30). The topological polar surface area (TPSA) is 61.4 Å². The Balaban J connectivity index is 1.56. The molecule has 0 spiro atoms. The summed E-state index contributed by atoms with van der Waals surface area (Å²) in [5, 5.41) is 5.30. The molecule has 8 heteroatoms. The van der Waals surface area contributed by atoms with Gasteiger partial charge in [-0.2, -0.15) is 13.2 Å². The Morgan fingerprint density at radius 3 is 2.19 bits per heavy atom. The highest BCUT2D eigenvalue weighted by molar-refractivity contribution is 6.05. The number of para-hydroxylation sites is 1. The van der Waals surface area contributed by atoms with E-state index in [0.29, 0.717) is 11.3 Å². The van der Waals surface area contributed by atoms with E-state index in [1.165, 1.54) is 17.0 Å². The van der Waals surface area contributed by atoms with Gasteiger partial charge in [0.25, 0.3) is 5.91 Å². The number of benzene rings is 3. The van der Waals surface area contributed by atoms with Gasteiger partial charge in [-0.15, -0.1) is 0 Å². The van der Waals surface area contributed by atoms with Crippen molar-refractivity contribution < 1.29 is 22.8 Å². The largest absolute Gasteiger partial charge is 0.416 e. The molecule has 0 aliphatic rings. The fraction of sp³-hybridized carbons (Fsp3) is 0.130. The Bertz CT molecular complexity index is 1050. The second kappa shape index (κ2) is 9.34. The highest BCUT2D eigenvalue weighted by atomic mass is 19.4. The van der Waals surface area contributed by atoms with Gasteiger partial charge in [0.15, 0.2) is 0 Å². The molecule has 2 amide bonds. The fourth-order valence-electron chi connectivity index (χ4n) is 2.85. The zero-order valence-electron chi connectivity index (χ0n) is 16.6. The number of anilines is 3. The Hall–Kier alpha value is -3.81. The minimum Gasteiger partial charge on any atom is -0.376 e. The zero-order valence-corrected chi connectivity index (χ0v) is 16.6. The fourth-order valence-corrected chi connectivity index (χ4v) is 2.85. The number of nitrogens with zero attached hydrogens (tertiary/aromatic N) is 1. The maximum absolute atomic E-state index is 12.8. The van der Waals surface area contributed by atoms with Crippen LogP contribution in [0.15, 0.2) is 78.9 Å². The van der Waals surface area contributed by atoms with Gasteiger partial charge in [-0.3, -0.25) is 9.59 Å². The van der Waals surface area contributed by atoms with E-state index in [9.17, 15) is 22.8 Å². The van der Waals surface area contributed by atoms with Crippen molar-refractivity contribution in [2.75, 3.05) is 29.1 Å². The third-order valence-electron chi connectivity index (χ3n) is 4.51. The Morgan fingerprint density at radius 2 is 1.55 bits per heavy atom. The van der Waals surface area contributed by atoms with Crippen molar-refractivity contribution in [2.24, 2.45) is 0 Å². The molecule has 160 valence electrons. The number of halogens is 3. The van der Waals surface area contributed by atoms with Crippen molar-refractivity contribution in [3.05, 3.63) is 90.0 Å². The lowest BCUT2D eigenvalue weighted by Crippen LogP contribution is -2.26. The van der Waals surface area contributed by atoms with Crippen molar-refractivity contribution in [3.63, 3.8) is 0 Å². The Kier molecular flexibility index (Phi) is 6.59. The van der Waals surface area contributed by atoms with Crippen LogP contribution in [0.5, 0.6) is 0 Å². The summed E-state index contributed by atoms with van der Waals surface area (Å²) in [7, 11) is 1.68. The molecular weight excluding hydrogens is 407 g/mol. The van der Waals surface area contributed by atoms with E-state index < -0.39 is 17.6 Å². The van der Waals surface area contributed by atoms with E-state index in [4.69, 9.17) is 0 Å². The van der Waals surface area contributed by atoms with Crippen LogP contribution in [-0.2, 0) is 11.0 Å². The highest BCUT2D eigenvalue weighted by Gasteiger charge is 2.30. The van der Waals surface area contributed by atoms with Crippen LogP contribution in [-0.4, -0.2) is 25.4 Å². The molecule has 0 bridgehead atoms. The number of rotatable bonds is 6. The first-order chi connectivity index (χ1) is 14.7.